The molecule has 0 aliphatic carbocycles. The van der Waals surface area contributed by atoms with Gasteiger partial charge in [0.05, 0.1) is 5.57 Å². The van der Waals surface area contributed by atoms with Crippen LogP contribution in [0.25, 0.3) is 5.57 Å². The molecule has 0 saturated carbocycles. The molecule has 0 bridgehead atoms. The average molecular weight is 469 g/mol. The Bertz CT molecular complexity index is 1260. The maximum absolute atomic E-state index is 13.5. The number of anilines is 3. The van der Waals surface area contributed by atoms with E-state index in [1.165, 1.54) is 11.8 Å². The number of rotatable bonds is 8. The number of amides is 3. The minimum atomic E-state index is -0.358. The molecule has 1 aliphatic heterocycles. The van der Waals surface area contributed by atoms with Crippen molar-refractivity contribution in [2.45, 2.75) is 13.3 Å². The van der Waals surface area contributed by atoms with Crippen molar-refractivity contribution < 1.29 is 14.4 Å². The Kier molecular flexibility index (Phi) is 6.96. The van der Waals surface area contributed by atoms with Crippen molar-refractivity contribution in [1.82, 2.24) is 4.90 Å². The summed E-state index contributed by atoms with van der Waals surface area (Å²) in [6, 6.07) is 24.3. The molecule has 3 aromatic carbocycles. The van der Waals surface area contributed by atoms with E-state index in [9.17, 15) is 14.4 Å². The molecule has 35 heavy (non-hydrogen) atoms. The molecular weight excluding hydrogens is 440 g/mol. The van der Waals surface area contributed by atoms with E-state index in [4.69, 9.17) is 0 Å². The molecule has 4 rings (SSSR count). The maximum Gasteiger partial charge on any atom is 0.278 e. The normalized spacial score (nSPS) is 13.3. The van der Waals surface area contributed by atoms with Crippen LogP contribution in [-0.2, 0) is 20.8 Å². The quantitative estimate of drug-likeness (QED) is 0.486. The standard InChI is InChI=1S/C28H28N4O3/c1-19(33)29-22-11-9-21(10-12-22)25-26(30-23-13-15-24(16-14-23)31(2)3)28(35)32(27(25)34)18-17-20-7-5-4-6-8-20/h4-16,30H,17-18H2,1-3H3,(H,29,33). The Labute approximate surface area is 205 Å². The second kappa shape index (κ2) is 10.3. The Morgan fingerprint density at radius 2 is 1.46 bits per heavy atom. The first kappa shape index (κ1) is 23.8. The fourth-order valence-electron chi connectivity index (χ4n) is 3.96. The number of nitrogens with zero attached hydrogens (tertiary/aromatic N) is 2. The van der Waals surface area contributed by atoms with Crippen molar-refractivity contribution in [2.75, 3.05) is 36.2 Å². The number of hydrogen-bond donors (Lipinski definition) is 2. The van der Waals surface area contributed by atoms with Gasteiger partial charge in [0, 0.05) is 44.6 Å². The lowest BCUT2D eigenvalue weighted by atomic mass is 10.0. The molecule has 7 nitrogen and oxygen atoms in total. The average Bonchev–Trinajstić information content (AvgIpc) is 3.07. The summed E-state index contributed by atoms with van der Waals surface area (Å²) in [6.07, 6.45) is 0.567. The first-order chi connectivity index (χ1) is 16.8. The number of nitrogens with one attached hydrogen (secondary N) is 2. The van der Waals surface area contributed by atoms with Crippen LogP contribution >= 0.6 is 0 Å². The second-order valence-electron chi connectivity index (χ2n) is 8.57. The maximum atomic E-state index is 13.5. The Morgan fingerprint density at radius 1 is 0.829 bits per heavy atom. The number of benzene rings is 3. The van der Waals surface area contributed by atoms with Gasteiger partial charge in [0.25, 0.3) is 11.8 Å². The van der Waals surface area contributed by atoms with E-state index in [2.05, 4.69) is 10.6 Å². The smallest absolute Gasteiger partial charge is 0.278 e. The van der Waals surface area contributed by atoms with Crippen LogP contribution in [0.15, 0.2) is 84.6 Å². The zero-order valence-electron chi connectivity index (χ0n) is 20.0. The second-order valence-corrected chi connectivity index (χ2v) is 8.57. The lowest BCUT2D eigenvalue weighted by molar-refractivity contribution is -0.136. The number of carbonyl (C=O) groups excluding carboxylic acids is 3. The highest BCUT2D eigenvalue weighted by Crippen LogP contribution is 2.31. The van der Waals surface area contributed by atoms with Gasteiger partial charge in [0.1, 0.15) is 5.70 Å². The Hall–Kier alpha value is -4.39. The van der Waals surface area contributed by atoms with E-state index < -0.39 is 0 Å². The number of imide groups is 1. The molecule has 7 heteroatoms. The third kappa shape index (κ3) is 5.41. The Morgan fingerprint density at radius 3 is 2.06 bits per heavy atom. The molecule has 0 radical (unpaired) electrons. The van der Waals surface area contributed by atoms with Gasteiger partial charge in [0.15, 0.2) is 0 Å². The third-order valence-corrected chi connectivity index (χ3v) is 5.78. The molecular formula is C28H28N4O3. The number of carbonyl (C=O) groups is 3. The number of hydrogen-bond acceptors (Lipinski definition) is 5. The van der Waals surface area contributed by atoms with Gasteiger partial charge in [-0.05, 0) is 53.9 Å². The predicted octanol–water partition coefficient (Wildman–Crippen LogP) is 4.15. The topological polar surface area (TPSA) is 81.8 Å². The predicted molar refractivity (Wildman–Crippen MR) is 139 cm³/mol. The molecule has 0 fully saturated rings. The van der Waals surface area contributed by atoms with Gasteiger partial charge in [-0.1, -0.05) is 42.5 Å². The van der Waals surface area contributed by atoms with Crippen molar-refractivity contribution in [3.63, 3.8) is 0 Å². The summed E-state index contributed by atoms with van der Waals surface area (Å²) < 4.78 is 0. The van der Waals surface area contributed by atoms with E-state index >= 15 is 0 Å². The molecule has 178 valence electrons. The van der Waals surface area contributed by atoms with Gasteiger partial charge >= 0.3 is 0 Å². The van der Waals surface area contributed by atoms with Crippen molar-refractivity contribution >= 4 is 40.4 Å². The molecule has 1 aliphatic rings. The highest BCUT2D eigenvalue weighted by atomic mass is 16.2. The van der Waals surface area contributed by atoms with Gasteiger partial charge in [-0.15, -0.1) is 0 Å². The molecule has 0 spiro atoms. The van der Waals surface area contributed by atoms with Crippen LogP contribution in [0, 0.1) is 0 Å². The van der Waals surface area contributed by atoms with Crippen LogP contribution in [0.5, 0.6) is 0 Å². The summed E-state index contributed by atoms with van der Waals surface area (Å²) in [5.41, 5.74) is 4.57. The van der Waals surface area contributed by atoms with Crippen LogP contribution in [0.3, 0.4) is 0 Å². The lowest BCUT2D eigenvalue weighted by Crippen LogP contribution is -2.34. The summed E-state index contributed by atoms with van der Waals surface area (Å²) in [4.78, 5) is 41.6. The monoisotopic (exact) mass is 468 g/mol. The molecule has 3 amide bonds. The third-order valence-electron chi connectivity index (χ3n) is 5.78. The van der Waals surface area contributed by atoms with E-state index in [1.54, 1.807) is 24.3 Å². The van der Waals surface area contributed by atoms with Crippen molar-refractivity contribution in [2.24, 2.45) is 0 Å². The summed E-state index contributed by atoms with van der Waals surface area (Å²) in [5.74, 6) is -0.881. The summed E-state index contributed by atoms with van der Waals surface area (Å²) in [6.45, 7) is 1.71. The van der Waals surface area contributed by atoms with Gasteiger partial charge in [-0.25, -0.2) is 0 Å². The molecule has 3 aromatic rings. The van der Waals surface area contributed by atoms with E-state index in [-0.39, 0.29) is 30.0 Å². The zero-order valence-corrected chi connectivity index (χ0v) is 20.0. The molecule has 0 aromatic heterocycles. The van der Waals surface area contributed by atoms with Crippen molar-refractivity contribution in [3.8, 4) is 0 Å². The SMILES string of the molecule is CC(=O)Nc1ccc(C2=C(Nc3ccc(N(C)C)cc3)C(=O)N(CCc3ccccc3)C2=O)cc1. The zero-order chi connectivity index (χ0) is 24.9. The van der Waals surface area contributed by atoms with Gasteiger partial charge in [-0.2, -0.15) is 0 Å². The van der Waals surface area contributed by atoms with E-state index in [1.807, 2.05) is 73.6 Å². The molecule has 1 heterocycles. The van der Waals surface area contributed by atoms with Crippen LogP contribution in [0.1, 0.15) is 18.1 Å². The molecule has 0 unspecified atom stereocenters. The Balaban J connectivity index is 1.65. The highest BCUT2D eigenvalue weighted by molar-refractivity contribution is 6.36. The van der Waals surface area contributed by atoms with Gasteiger partial charge in [0.2, 0.25) is 5.91 Å². The highest BCUT2D eigenvalue weighted by Gasteiger charge is 2.39. The molecule has 0 atom stereocenters. The summed E-state index contributed by atoms with van der Waals surface area (Å²) >= 11 is 0. The lowest BCUT2D eigenvalue weighted by Gasteiger charge is -2.16. The van der Waals surface area contributed by atoms with Crippen LogP contribution in [-0.4, -0.2) is 43.3 Å². The summed E-state index contributed by atoms with van der Waals surface area (Å²) in [5, 5.41) is 5.91. The van der Waals surface area contributed by atoms with E-state index in [0.29, 0.717) is 28.9 Å². The van der Waals surface area contributed by atoms with Crippen LogP contribution in [0.4, 0.5) is 17.1 Å². The van der Waals surface area contributed by atoms with Crippen molar-refractivity contribution in [3.05, 3.63) is 95.7 Å². The molecule has 0 saturated heterocycles. The van der Waals surface area contributed by atoms with Gasteiger partial charge < -0.3 is 15.5 Å². The summed E-state index contributed by atoms with van der Waals surface area (Å²) in [7, 11) is 3.91. The first-order valence-electron chi connectivity index (χ1n) is 11.4. The van der Waals surface area contributed by atoms with Gasteiger partial charge in [-0.3, -0.25) is 19.3 Å². The minimum absolute atomic E-state index is 0.181. The minimum Gasteiger partial charge on any atom is -0.378 e. The fraction of sp³-hybridized carbons (Fsp3) is 0.179. The molecule has 2 N–H and O–H groups in total. The fourth-order valence-corrected chi connectivity index (χ4v) is 3.96. The van der Waals surface area contributed by atoms with Crippen molar-refractivity contribution in [1.29, 1.82) is 0 Å². The van der Waals surface area contributed by atoms with E-state index in [0.717, 1.165) is 11.3 Å². The largest absolute Gasteiger partial charge is 0.378 e. The van der Waals surface area contributed by atoms with Crippen LogP contribution < -0.4 is 15.5 Å². The van der Waals surface area contributed by atoms with Crippen LogP contribution in [0.2, 0.25) is 0 Å². The first-order valence-corrected chi connectivity index (χ1v) is 11.4.